The van der Waals surface area contributed by atoms with Crippen LogP contribution in [-0.2, 0) is 6.42 Å². The monoisotopic (exact) mass is 213 g/mol. The maximum Gasteiger partial charge on any atom is 0.256 e. The van der Waals surface area contributed by atoms with Gasteiger partial charge in [-0.15, -0.1) is 0 Å². The highest BCUT2D eigenvalue weighted by Gasteiger charge is 2.21. The lowest BCUT2D eigenvalue weighted by Crippen LogP contribution is -2.19. The van der Waals surface area contributed by atoms with Gasteiger partial charge in [0.05, 0.1) is 0 Å². The normalized spacial score (nSPS) is 15.1. The van der Waals surface area contributed by atoms with E-state index in [0.717, 1.165) is 29.5 Å². The van der Waals surface area contributed by atoms with Crippen LogP contribution in [0.4, 0.5) is 0 Å². The minimum Gasteiger partial charge on any atom is -0.325 e. The topological polar surface area (TPSA) is 49.9 Å². The first kappa shape index (κ1) is 9.33. The molecular formula is C13H11NO2. The van der Waals surface area contributed by atoms with Crippen molar-refractivity contribution in [2.75, 3.05) is 0 Å². The van der Waals surface area contributed by atoms with Gasteiger partial charge in [0, 0.05) is 23.1 Å². The van der Waals surface area contributed by atoms with Gasteiger partial charge >= 0.3 is 0 Å². The number of nitrogens with one attached hydrogen (secondary N) is 1. The van der Waals surface area contributed by atoms with Crippen LogP contribution >= 0.6 is 0 Å². The molecule has 1 heterocycles. The van der Waals surface area contributed by atoms with Crippen molar-refractivity contribution < 1.29 is 4.79 Å². The Balaban J connectivity index is 2.50. The van der Waals surface area contributed by atoms with Gasteiger partial charge in [-0.25, -0.2) is 0 Å². The van der Waals surface area contributed by atoms with Crippen molar-refractivity contribution in [1.82, 2.24) is 4.98 Å². The van der Waals surface area contributed by atoms with E-state index in [-0.39, 0.29) is 11.3 Å². The van der Waals surface area contributed by atoms with Crippen LogP contribution in [0.1, 0.15) is 28.9 Å². The summed E-state index contributed by atoms with van der Waals surface area (Å²) in [6.45, 7) is 0. The number of ketones is 1. The molecule has 0 fully saturated rings. The molecule has 1 aromatic carbocycles. The smallest absolute Gasteiger partial charge is 0.256 e. The van der Waals surface area contributed by atoms with Crippen LogP contribution in [0.3, 0.4) is 0 Å². The molecule has 2 aromatic rings. The highest BCUT2D eigenvalue weighted by Crippen LogP contribution is 2.25. The second-order valence-electron chi connectivity index (χ2n) is 4.13. The molecule has 0 amide bonds. The van der Waals surface area contributed by atoms with E-state index in [4.69, 9.17) is 0 Å². The molecule has 0 saturated heterocycles. The molecular weight excluding hydrogens is 202 g/mol. The largest absolute Gasteiger partial charge is 0.325 e. The van der Waals surface area contributed by atoms with Gasteiger partial charge in [0.25, 0.3) is 5.56 Å². The molecule has 0 atom stereocenters. The van der Waals surface area contributed by atoms with Crippen LogP contribution < -0.4 is 5.56 Å². The molecule has 3 nitrogen and oxygen atoms in total. The van der Waals surface area contributed by atoms with Crippen LogP contribution in [0.25, 0.3) is 10.8 Å². The van der Waals surface area contributed by atoms with E-state index in [0.29, 0.717) is 11.8 Å². The van der Waals surface area contributed by atoms with Crippen LogP contribution in [0.5, 0.6) is 0 Å². The summed E-state index contributed by atoms with van der Waals surface area (Å²) >= 11 is 0. The molecule has 1 aliphatic rings. The number of aromatic nitrogens is 1. The highest BCUT2D eigenvalue weighted by atomic mass is 16.1. The molecule has 0 unspecified atom stereocenters. The SMILES string of the molecule is O=C1CCCc2[nH]c(=O)c3ccccc3c21. The van der Waals surface area contributed by atoms with Gasteiger partial charge in [0.15, 0.2) is 5.78 Å². The van der Waals surface area contributed by atoms with E-state index >= 15 is 0 Å². The molecule has 1 aliphatic carbocycles. The maximum atomic E-state index is 11.9. The lowest BCUT2D eigenvalue weighted by molar-refractivity contribution is 0.0973. The second kappa shape index (κ2) is 3.30. The Morgan fingerprint density at radius 2 is 1.75 bits per heavy atom. The number of hydrogen-bond donors (Lipinski definition) is 1. The molecule has 16 heavy (non-hydrogen) atoms. The summed E-state index contributed by atoms with van der Waals surface area (Å²) in [5.74, 6) is 0.147. The number of hydrogen-bond acceptors (Lipinski definition) is 2. The summed E-state index contributed by atoms with van der Waals surface area (Å²) in [6, 6.07) is 7.30. The average Bonchev–Trinajstić information content (AvgIpc) is 2.29. The number of aromatic amines is 1. The average molecular weight is 213 g/mol. The summed E-state index contributed by atoms with van der Waals surface area (Å²) in [5.41, 5.74) is 1.44. The Morgan fingerprint density at radius 1 is 1.00 bits per heavy atom. The number of carbonyl (C=O) groups excluding carboxylic acids is 1. The van der Waals surface area contributed by atoms with Gasteiger partial charge in [-0.1, -0.05) is 18.2 Å². The van der Waals surface area contributed by atoms with Crippen LogP contribution in [0, 0.1) is 0 Å². The molecule has 0 radical (unpaired) electrons. The summed E-state index contributed by atoms with van der Waals surface area (Å²) in [5, 5.41) is 1.41. The first-order valence-corrected chi connectivity index (χ1v) is 5.44. The van der Waals surface area contributed by atoms with E-state index in [9.17, 15) is 9.59 Å². The molecule has 0 bridgehead atoms. The highest BCUT2D eigenvalue weighted by molar-refractivity contribution is 6.09. The van der Waals surface area contributed by atoms with Crippen molar-refractivity contribution in [3.05, 3.63) is 45.9 Å². The fourth-order valence-electron chi connectivity index (χ4n) is 2.39. The Labute approximate surface area is 92.1 Å². The van der Waals surface area contributed by atoms with Crippen LogP contribution in [0.15, 0.2) is 29.1 Å². The molecule has 80 valence electrons. The van der Waals surface area contributed by atoms with E-state index < -0.39 is 0 Å². The summed E-state index contributed by atoms with van der Waals surface area (Å²) < 4.78 is 0. The molecule has 0 saturated carbocycles. The number of H-pyrrole nitrogens is 1. The van der Waals surface area contributed by atoms with Crippen molar-refractivity contribution in [3.63, 3.8) is 0 Å². The third kappa shape index (κ3) is 1.21. The Morgan fingerprint density at radius 3 is 2.56 bits per heavy atom. The lowest BCUT2D eigenvalue weighted by Gasteiger charge is -2.16. The van der Waals surface area contributed by atoms with Gasteiger partial charge < -0.3 is 4.98 Å². The molecule has 1 aromatic heterocycles. The van der Waals surface area contributed by atoms with Gasteiger partial charge in [-0.3, -0.25) is 9.59 Å². The minimum absolute atomic E-state index is 0.0935. The van der Waals surface area contributed by atoms with E-state index in [2.05, 4.69) is 4.98 Å². The zero-order valence-corrected chi connectivity index (χ0v) is 8.75. The second-order valence-corrected chi connectivity index (χ2v) is 4.13. The summed E-state index contributed by atoms with van der Waals surface area (Å²) in [6.07, 6.45) is 2.21. The first-order valence-electron chi connectivity index (χ1n) is 5.44. The molecule has 3 rings (SSSR count). The number of fused-ring (bicyclic) bond motifs is 3. The van der Waals surface area contributed by atoms with E-state index in [1.54, 1.807) is 6.07 Å². The van der Waals surface area contributed by atoms with Crippen LogP contribution in [0.2, 0.25) is 0 Å². The fraction of sp³-hybridized carbons (Fsp3) is 0.231. The van der Waals surface area contributed by atoms with Gasteiger partial charge in [-0.05, 0) is 24.3 Å². The summed E-state index contributed by atoms with van der Waals surface area (Å²) in [7, 11) is 0. The standard InChI is InChI=1S/C13H11NO2/c15-11-7-3-6-10-12(11)8-4-1-2-5-9(8)13(16)14-10/h1-2,4-5H,3,6-7H2,(H,14,16). The van der Waals surface area contributed by atoms with Gasteiger partial charge in [-0.2, -0.15) is 0 Å². The van der Waals surface area contributed by atoms with Crippen molar-refractivity contribution in [1.29, 1.82) is 0 Å². The van der Waals surface area contributed by atoms with Crippen molar-refractivity contribution in [2.24, 2.45) is 0 Å². The zero-order chi connectivity index (χ0) is 11.1. The first-order chi connectivity index (χ1) is 7.77. The number of rotatable bonds is 0. The molecule has 0 aliphatic heterocycles. The quantitative estimate of drug-likeness (QED) is 0.728. The Hall–Kier alpha value is -1.90. The van der Waals surface area contributed by atoms with Gasteiger partial charge in [0.2, 0.25) is 0 Å². The number of aryl methyl sites for hydroxylation is 1. The van der Waals surface area contributed by atoms with Crippen molar-refractivity contribution in [2.45, 2.75) is 19.3 Å². The Bertz CT molecular complexity index is 640. The third-order valence-electron chi connectivity index (χ3n) is 3.12. The van der Waals surface area contributed by atoms with E-state index in [1.165, 1.54) is 0 Å². The van der Waals surface area contributed by atoms with Crippen molar-refractivity contribution in [3.8, 4) is 0 Å². The lowest BCUT2D eigenvalue weighted by atomic mass is 9.91. The molecule has 0 spiro atoms. The van der Waals surface area contributed by atoms with Gasteiger partial charge in [0.1, 0.15) is 0 Å². The molecule has 3 heteroatoms. The predicted octanol–water partition coefficient (Wildman–Crippen LogP) is 2.05. The number of benzene rings is 1. The summed E-state index contributed by atoms with van der Waals surface area (Å²) in [4.78, 5) is 26.5. The minimum atomic E-state index is -0.0935. The Kier molecular flexibility index (Phi) is 1.93. The van der Waals surface area contributed by atoms with Crippen LogP contribution in [-0.4, -0.2) is 10.8 Å². The number of carbonyl (C=O) groups is 1. The van der Waals surface area contributed by atoms with Crippen molar-refractivity contribution >= 4 is 16.6 Å². The number of Topliss-reactive ketones (excluding diaryl/α,β-unsaturated/α-hetero) is 1. The fourth-order valence-corrected chi connectivity index (χ4v) is 2.39. The zero-order valence-electron chi connectivity index (χ0n) is 8.75. The van der Waals surface area contributed by atoms with E-state index in [1.807, 2.05) is 18.2 Å². The maximum absolute atomic E-state index is 11.9. The number of pyridine rings is 1. The predicted molar refractivity (Wildman–Crippen MR) is 61.8 cm³/mol. The third-order valence-corrected chi connectivity index (χ3v) is 3.12. The molecule has 1 N–H and O–H groups in total.